The fourth-order valence-electron chi connectivity index (χ4n) is 3.75. The van der Waals surface area contributed by atoms with Gasteiger partial charge in [0.2, 0.25) is 5.91 Å². The first-order valence-electron chi connectivity index (χ1n) is 8.72. The van der Waals surface area contributed by atoms with Gasteiger partial charge in [-0.2, -0.15) is 0 Å². The third kappa shape index (κ3) is 3.02. The molecular weight excluding hydrogens is 356 g/mol. The Hall–Kier alpha value is -2.67. The molecule has 7 heteroatoms. The second-order valence-electron chi connectivity index (χ2n) is 7.07. The summed E-state index contributed by atoms with van der Waals surface area (Å²) in [5, 5.41) is 12.6. The Kier molecular flexibility index (Phi) is 4.07. The summed E-state index contributed by atoms with van der Waals surface area (Å²) in [6.45, 7) is 1.53. The van der Waals surface area contributed by atoms with Crippen molar-refractivity contribution >= 4 is 5.91 Å². The summed E-state index contributed by atoms with van der Waals surface area (Å²) in [7, 11) is 0. The Labute approximate surface area is 154 Å². The van der Waals surface area contributed by atoms with E-state index in [1.807, 2.05) is 30.3 Å². The Bertz CT molecular complexity index is 887. The standard InChI is InChI=1S/C20H19F2NO4/c1-19(18(25)23-15(11-24)12-5-3-2-4-6-12)8-7-13-9-16-17(10-14(13)19)27-20(21,22)26-16/h2-6,9-10,15,24H,7-8,11H2,1H3,(H,23,25)/t15-,19+/m1/s1. The van der Waals surface area contributed by atoms with Crippen molar-refractivity contribution in [1.82, 2.24) is 5.32 Å². The van der Waals surface area contributed by atoms with Crippen LogP contribution in [0.3, 0.4) is 0 Å². The number of hydrogen-bond donors (Lipinski definition) is 2. The van der Waals surface area contributed by atoms with Crippen LogP contribution < -0.4 is 14.8 Å². The van der Waals surface area contributed by atoms with Crippen molar-refractivity contribution in [3.63, 3.8) is 0 Å². The number of alkyl halides is 2. The summed E-state index contributed by atoms with van der Waals surface area (Å²) >= 11 is 0. The Balaban J connectivity index is 1.61. The minimum Gasteiger partial charge on any atom is -0.395 e. The molecule has 0 bridgehead atoms. The maximum absolute atomic E-state index is 13.3. The van der Waals surface area contributed by atoms with Gasteiger partial charge in [0.05, 0.1) is 18.1 Å². The molecule has 1 aliphatic heterocycles. The first-order chi connectivity index (χ1) is 12.8. The van der Waals surface area contributed by atoms with Gasteiger partial charge in [0.1, 0.15) is 0 Å². The molecule has 2 aliphatic rings. The molecule has 142 valence electrons. The number of benzene rings is 2. The third-order valence-electron chi connectivity index (χ3n) is 5.31. The van der Waals surface area contributed by atoms with Crippen molar-refractivity contribution in [3.05, 3.63) is 59.2 Å². The third-order valence-corrected chi connectivity index (χ3v) is 5.31. The number of aliphatic hydroxyl groups excluding tert-OH is 1. The van der Waals surface area contributed by atoms with E-state index in [0.717, 1.165) is 11.1 Å². The van der Waals surface area contributed by atoms with Gasteiger partial charge in [-0.15, -0.1) is 8.78 Å². The minimum absolute atomic E-state index is 0.0130. The zero-order chi connectivity index (χ0) is 19.2. The summed E-state index contributed by atoms with van der Waals surface area (Å²) in [5.74, 6) is -0.350. The lowest BCUT2D eigenvalue weighted by molar-refractivity contribution is -0.286. The van der Waals surface area contributed by atoms with Crippen LogP contribution in [0.25, 0.3) is 0 Å². The normalized spacial score (nSPS) is 23.0. The number of fused-ring (bicyclic) bond motifs is 2. The quantitative estimate of drug-likeness (QED) is 0.862. The van der Waals surface area contributed by atoms with Crippen molar-refractivity contribution in [1.29, 1.82) is 0 Å². The van der Waals surface area contributed by atoms with Gasteiger partial charge >= 0.3 is 6.29 Å². The van der Waals surface area contributed by atoms with Crippen LogP contribution >= 0.6 is 0 Å². The first kappa shape index (κ1) is 17.7. The topological polar surface area (TPSA) is 67.8 Å². The maximum atomic E-state index is 13.3. The van der Waals surface area contributed by atoms with Gasteiger partial charge in [-0.1, -0.05) is 30.3 Å². The number of ether oxygens (including phenoxy) is 2. The molecule has 0 aromatic heterocycles. The number of hydrogen-bond acceptors (Lipinski definition) is 4. The van der Waals surface area contributed by atoms with E-state index in [9.17, 15) is 18.7 Å². The molecule has 0 saturated carbocycles. The lowest BCUT2D eigenvalue weighted by atomic mass is 9.82. The van der Waals surface area contributed by atoms with E-state index in [-0.39, 0.29) is 24.0 Å². The summed E-state index contributed by atoms with van der Waals surface area (Å²) in [5.41, 5.74) is 1.31. The van der Waals surface area contributed by atoms with Gasteiger partial charge < -0.3 is 19.9 Å². The molecule has 0 unspecified atom stereocenters. The first-order valence-corrected chi connectivity index (χ1v) is 8.72. The SMILES string of the molecule is C[C@]1(C(=O)N[C@H](CO)c2ccccc2)CCc2cc3c(cc21)OC(F)(F)O3. The van der Waals surface area contributed by atoms with E-state index in [0.29, 0.717) is 18.4 Å². The van der Waals surface area contributed by atoms with Gasteiger partial charge in [-0.25, -0.2) is 0 Å². The molecule has 0 radical (unpaired) electrons. The van der Waals surface area contributed by atoms with E-state index in [2.05, 4.69) is 14.8 Å². The van der Waals surface area contributed by atoms with Gasteiger partial charge in [-0.05, 0) is 48.6 Å². The highest BCUT2D eigenvalue weighted by Gasteiger charge is 2.47. The van der Waals surface area contributed by atoms with E-state index in [4.69, 9.17) is 0 Å². The number of rotatable bonds is 4. The van der Waals surface area contributed by atoms with Gasteiger partial charge in [0.15, 0.2) is 11.5 Å². The molecule has 2 aromatic rings. The second kappa shape index (κ2) is 6.20. The zero-order valence-corrected chi connectivity index (χ0v) is 14.7. The number of carbonyl (C=O) groups is 1. The summed E-state index contributed by atoms with van der Waals surface area (Å²) in [6.07, 6.45) is -2.59. The number of halogens is 2. The average Bonchev–Trinajstić information content (AvgIpc) is 3.13. The van der Waals surface area contributed by atoms with E-state index < -0.39 is 17.8 Å². The van der Waals surface area contributed by atoms with Crippen LogP contribution in [0.15, 0.2) is 42.5 Å². The molecule has 0 saturated heterocycles. The predicted octanol–water partition coefficient (Wildman–Crippen LogP) is 3.06. The number of amides is 1. The Morgan fingerprint density at radius 3 is 2.56 bits per heavy atom. The molecule has 4 rings (SSSR count). The molecule has 2 atom stereocenters. The van der Waals surface area contributed by atoms with Crippen LogP contribution in [0.4, 0.5) is 8.78 Å². The van der Waals surface area contributed by atoms with Gasteiger partial charge in [0.25, 0.3) is 0 Å². The minimum atomic E-state index is -3.69. The van der Waals surface area contributed by atoms with Crippen molar-refractivity contribution in [2.75, 3.05) is 6.61 Å². The summed E-state index contributed by atoms with van der Waals surface area (Å²) in [4.78, 5) is 13.1. The highest BCUT2D eigenvalue weighted by atomic mass is 19.3. The van der Waals surface area contributed by atoms with Crippen molar-refractivity contribution in [3.8, 4) is 11.5 Å². The lowest BCUT2D eigenvalue weighted by Crippen LogP contribution is -2.43. The van der Waals surface area contributed by atoms with Crippen molar-refractivity contribution < 1.29 is 28.2 Å². The monoisotopic (exact) mass is 375 g/mol. The Morgan fingerprint density at radius 1 is 1.22 bits per heavy atom. The van der Waals surface area contributed by atoms with Crippen molar-refractivity contribution in [2.24, 2.45) is 0 Å². The molecule has 1 amide bonds. The van der Waals surface area contributed by atoms with Crippen LogP contribution in [-0.2, 0) is 16.6 Å². The summed E-state index contributed by atoms with van der Waals surface area (Å²) < 4.78 is 35.7. The number of carbonyl (C=O) groups excluding carboxylic acids is 1. The van der Waals surface area contributed by atoms with Crippen LogP contribution in [-0.4, -0.2) is 23.9 Å². The Morgan fingerprint density at radius 2 is 1.89 bits per heavy atom. The van der Waals surface area contributed by atoms with Gasteiger partial charge in [0, 0.05) is 0 Å². The highest BCUT2D eigenvalue weighted by Crippen LogP contribution is 2.48. The molecule has 1 heterocycles. The van der Waals surface area contributed by atoms with E-state index in [1.165, 1.54) is 12.1 Å². The molecule has 2 aromatic carbocycles. The fourth-order valence-corrected chi connectivity index (χ4v) is 3.75. The van der Waals surface area contributed by atoms with Crippen LogP contribution in [0.1, 0.15) is 36.1 Å². The van der Waals surface area contributed by atoms with E-state index >= 15 is 0 Å². The fraction of sp³-hybridized carbons (Fsp3) is 0.350. The van der Waals surface area contributed by atoms with Crippen LogP contribution in [0, 0.1) is 0 Å². The number of aryl methyl sites for hydroxylation is 1. The number of aliphatic hydroxyl groups is 1. The largest absolute Gasteiger partial charge is 0.586 e. The maximum Gasteiger partial charge on any atom is 0.586 e. The predicted molar refractivity (Wildman–Crippen MR) is 92.7 cm³/mol. The van der Waals surface area contributed by atoms with Gasteiger partial charge in [-0.3, -0.25) is 4.79 Å². The molecular formula is C20H19F2NO4. The van der Waals surface area contributed by atoms with Crippen molar-refractivity contribution in [2.45, 2.75) is 37.5 Å². The number of nitrogens with one attached hydrogen (secondary N) is 1. The highest BCUT2D eigenvalue weighted by molar-refractivity contribution is 5.90. The van der Waals surface area contributed by atoms with Crippen LogP contribution in [0.5, 0.6) is 11.5 Å². The molecule has 27 heavy (non-hydrogen) atoms. The molecule has 1 aliphatic carbocycles. The summed E-state index contributed by atoms with van der Waals surface area (Å²) in [6, 6.07) is 11.6. The molecule has 2 N–H and O–H groups in total. The second-order valence-corrected chi connectivity index (χ2v) is 7.07. The van der Waals surface area contributed by atoms with Crippen LogP contribution in [0.2, 0.25) is 0 Å². The molecule has 0 spiro atoms. The molecule has 0 fully saturated rings. The lowest BCUT2D eigenvalue weighted by Gasteiger charge is -2.27. The smallest absolute Gasteiger partial charge is 0.395 e. The van der Waals surface area contributed by atoms with E-state index in [1.54, 1.807) is 6.92 Å². The zero-order valence-electron chi connectivity index (χ0n) is 14.7. The average molecular weight is 375 g/mol. The molecule has 5 nitrogen and oxygen atoms in total.